The maximum Gasteiger partial charge on any atom is 0.125 e. The summed E-state index contributed by atoms with van der Waals surface area (Å²) in [5.41, 5.74) is 4.45. The van der Waals surface area contributed by atoms with Crippen LogP contribution in [-0.2, 0) is 18.3 Å². The van der Waals surface area contributed by atoms with Gasteiger partial charge in [-0.1, -0.05) is 73.4 Å². The number of rotatable bonds is 10. The number of unbranched alkanes of at least 4 members (excludes halogenated alkanes) is 2. The van der Waals surface area contributed by atoms with Crippen LogP contribution >= 0.6 is 0 Å². The third kappa shape index (κ3) is 7.01. The Kier molecular flexibility index (Phi) is 8.47. The van der Waals surface area contributed by atoms with Crippen LogP contribution in [0.5, 0.6) is 5.75 Å². The molecule has 0 amide bonds. The van der Waals surface area contributed by atoms with Crippen LogP contribution < -0.4 is 4.74 Å². The van der Waals surface area contributed by atoms with Gasteiger partial charge >= 0.3 is 0 Å². The fraction of sp³-hybridized carbons (Fsp3) is 0.739. The Labute approximate surface area is 156 Å². The average Bonchev–Trinajstić information content (AvgIpc) is 2.50. The van der Waals surface area contributed by atoms with Gasteiger partial charge in [-0.25, -0.2) is 0 Å². The molecule has 0 bridgehead atoms. The molecule has 0 spiro atoms. The Bertz CT molecular complexity index is 524. The van der Waals surface area contributed by atoms with E-state index < -0.39 is 0 Å². The molecule has 0 aliphatic carbocycles. The summed E-state index contributed by atoms with van der Waals surface area (Å²) in [5.74, 6) is 1.02. The van der Waals surface area contributed by atoms with Gasteiger partial charge in [-0.05, 0) is 53.2 Å². The van der Waals surface area contributed by atoms with Gasteiger partial charge < -0.3 is 9.84 Å². The molecule has 144 valence electrons. The van der Waals surface area contributed by atoms with Crippen molar-refractivity contribution in [2.75, 3.05) is 13.2 Å². The molecule has 2 nitrogen and oxygen atoms in total. The first-order valence-corrected chi connectivity index (χ1v) is 10.0. The van der Waals surface area contributed by atoms with E-state index in [4.69, 9.17) is 4.74 Å². The van der Waals surface area contributed by atoms with Crippen molar-refractivity contribution in [3.8, 4) is 5.75 Å². The second-order valence-electron chi connectivity index (χ2n) is 9.13. The van der Waals surface area contributed by atoms with Crippen molar-refractivity contribution >= 4 is 0 Å². The lowest BCUT2D eigenvalue weighted by molar-refractivity contribution is 0.199. The van der Waals surface area contributed by atoms with Crippen LogP contribution in [0.15, 0.2) is 12.1 Å². The van der Waals surface area contributed by atoms with Crippen LogP contribution in [0.25, 0.3) is 0 Å². The van der Waals surface area contributed by atoms with E-state index in [-0.39, 0.29) is 12.0 Å². The zero-order chi connectivity index (χ0) is 19.1. The van der Waals surface area contributed by atoms with Crippen LogP contribution in [0.3, 0.4) is 0 Å². The van der Waals surface area contributed by atoms with E-state index in [2.05, 4.69) is 60.6 Å². The molecule has 1 aromatic carbocycles. The lowest BCUT2D eigenvalue weighted by atomic mass is 9.71. The predicted molar refractivity (Wildman–Crippen MR) is 109 cm³/mol. The predicted octanol–water partition coefficient (Wildman–Crippen LogP) is 6.07. The van der Waals surface area contributed by atoms with Crippen LogP contribution in [-0.4, -0.2) is 18.3 Å². The first kappa shape index (κ1) is 22.0. The van der Waals surface area contributed by atoms with Gasteiger partial charge in [0.15, 0.2) is 0 Å². The van der Waals surface area contributed by atoms with E-state index in [9.17, 15) is 5.11 Å². The number of aliphatic hydroxyl groups excluding tert-OH is 1. The van der Waals surface area contributed by atoms with Crippen LogP contribution in [0.2, 0.25) is 0 Å². The maximum absolute atomic E-state index is 9.18. The Morgan fingerprint density at radius 2 is 1.60 bits per heavy atom. The molecule has 0 aliphatic heterocycles. The standard InChI is InChI=1S/C23H40O2/c1-8-10-11-12-19-16-20(23(6,7)17-22(3,4)5)15-18(9-2)21(19)25-14-13-24/h15-16,24H,8-14,17H2,1-7H3. The number of hydrogen-bond acceptors (Lipinski definition) is 2. The second-order valence-corrected chi connectivity index (χ2v) is 9.13. The fourth-order valence-corrected chi connectivity index (χ4v) is 3.92. The lowest BCUT2D eigenvalue weighted by Crippen LogP contribution is -2.25. The molecular weight excluding hydrogens is 308 g/mol. The maximum atomic E-state index is 9.18. The summed E-state index contributed by atoms with van der Waals surface area (Å²) < 4.78 is 5.96. The summed E-state index contributed by atoms with van der Waals surface area (Å²) >= 11 is 0. The molecule has 25 heavy (non-hydrogen) atoms. The number of ether oxygens (including phenoxy) is 1. The molecule has 2 heteroatoms. The molecular formula is C23H40O2. The van der Waals surface area contributed by atoms with Crippen molar-refractivity contribution in [1.82, 2.24) is 0 Å². The minimum atomic E-state index is 0.0643. The smallest absolute Gasteiger partial charge is 0.125 e. The Morgan fingerprint density at radius 3 is 2.12 bits per heavy atom. The first-order valence-electron chi connectivity index (χ1n) is 10.0. The molecule has 0 fully saturated rings. The average molecular weight is 349 g/mol. The van der Waals surface area contributed by atoms with E-state index >= 15 is 0 Å². The molecule has 0 saturated carbocycles. The normalized spacial score (nSPS) is 12.5. The minimum Gasteiger partial charge on any atom is -0.491 e. The van der Waals surface area contributed by atoms with E-state index in [1.807, 2.05) is 0 Å². The number of aryl methyl sites for hydroxylation is 2. The molecule has 0 aliphatic rings. The van der Waals surface area contributed by atoms with Crippen LogP contribution in [0.4, 0.5) is 0 Å². The minimum absolute atomic E-state index is 0.0643. The molecule has 0 radical (unpaired) electrons. The second kappa shape index (κ2) is 9.62. The highest BCUT2D eigenvalue weighted by Crippen LogP contribution is 2.39. The molecule has 0 saturated heterocycles. The van der Waals surface area contributed by atoms with Crippen LogP contribution in [0.1, 0.15) is 90.8 Å². The molecule has 1 aromatic rings. The van der Waals surface area contributed by atoms with Gasteiger partial charge in [0.2, 0.25) is 0 Å². The topological polar surface area (TPSA) is 29.5 Å². The monoisotopic (exact) mass is 348 g/mol. The summed E-state index contributed by atoms with van der Waals surface area (Å²) in [6.45, 7) is 16.5. The van der Waals surface area contributed by atoms with Crippen molar-refractivity contribution < 1.29 is 9.84 Å². The fourth-order valence-electron chi connectivity index (χ4n) is 3.92. The summed E-state index contributed by atoms with van der Waals surface area (Å²) in [6.07, 6.45) is 6.83. The largest absolute Gasteiger partial charge is 0.491 e. The third-order valence-electron chi connectivity index (χ3n) is 4.76. The van der Waals surface area contributed by atoms with E-state index in [0.29, 0.717) is 12.0 Å². The van der Waals surface area contributed by atoms with Gasteiger partial charge in [0.05, 0.1) is 6.61 Å². The van der Waals surface area contributed by atoms with Gasteiger partial charge in [0.1, 0.15) is 12.4 Å². The molecule has 0 unspecified atom stereocenters. The zero-order valence-electron chi connectivity index (χ0n) is 17.7. The van der Waals surface area contributed by atoms with Gasteiger partial charge in [-0.2, -0.15) is 0 Å². The number of hydrogen-bond donors (Lipinski definition) is 1. The Balaban J connectivity index is 3.28. The van der Waals surface area contributed by atoms with Gasteiger partial charge in [-0.15, -0.1) is 0 Å². The Hall–Kier alpha value is -1.02. The highest BCUT2D eigenvalue weighted by molar-refractivity contribution is 5.47. The molecule has 0 aromatic heterocycles. The number of benzene rings is 1. The van der Waals surface area contributed by atoms with Gasteiger partial charge in [-0.3, -0.25) is 0 Å². The summed E-state index contributed by atoms with van der Waals surface area (Å²) in [4.78, 5) is 0. The van der Waals surface area contributed by atoms with E-state index in [1.165, 1.54) is 36.0 Å². The van der Waals surface area contributed by atoms with Crippen molar-refractivity contribution in [2.45, 2.75) is 92.4 Å². The van der Waals surface area contributed by atoms with Crippen molar-refractivity contribution in [2.24, 2.45) is 5.41 Å². The van der Waals surface area contributed by atoms with Crippen molar-refractivity contribution in [3.63, 3.8) is 0 Å². The third-order valence-corrected chi connectivity index (χ3v) is 4.76. The SMILES string of the molecule is CCCCCc1cc(C(C)(C)CC(C)(C)C)cc(CC)c1OCCO. The highest BCUT2D eigenvalue weighted by atomic mass is 16.5. The first-order chi connectivity index (χ1) is 11.6. The van der Waals surface area contributed by atoms with Crippen molar-refractivity contribution in [3.05, 3.63) is 28.8 Å². The van der Waals surface area contributed by atoms with Gasteiger partial charge in [0.25, 0.3) is 0 Å². The molecule has 1 N–H and O–H groups in total. The quantitative estimate of drug-likeness (QED) is 0.520. The Morgan fingerprint density at radius 1 is 0.960 bits per heavy atom. The van der Waals surface area contributed by atoms with Crippen molar-refractivity contribution in [1.29, 1.82) is 0 Å². The molecule has 0 atom stereocenters. The molecule has 0 heterocycles. The zero-order valence-corrected chi connectivity index (χ0v) is 17.7. The lowest BCUT2D eigenvalue weighted by Gasteiger charge is -2.34. The number of aliphatic hydroxyl groups is 1. The highest BCUT2D eigenvalue weighted by Gasteiger charge is 2.28. The van der Waals surface area contributed by atoms with Crippen LogP contribution in [0, 0.1) is 5.41 Å². The summed E-state index contributed by atoms with van der Waals surface area (Å²) in [5, 5.41) is 9.18. The molecule has 1 rings (SSSR count). The van der Waals surface area contributed by atoms with E-state index in [0.717, 1.165) is 25.0 Å². The van der Waals surface area contributed by atoms with E-state index in [1.54, 1.807) is 0 Å². The summed E-state index contributed by atoms with van der Waals surface area (Å²) in [6, 6.07) is 4.70. The van der Waals surface area contributed by atoms with Gasteiger partial charge in [0, 0.05) is 0 Å². The summed E-state index contributed by atoms with van der Waals surface area (Å²) in [7, 11) is 0.